The highest BCUT2D eigenvalue weighted by Crippen LogP contribution is 2.36. The molecule has 1 amide bonds. The fourth-order valence-corrected chi connectivity index (χ4v) is 4.30. The van der Waals surface area contributed by atoms with Crippen LogP contribution in [-0.4, -0.2) is 33.7 Å². The number of hydrogen-bond acceptors (Lipinski definition) is 3. The molecule has 2 aromatic rings. The normalized spacial score (nSPS) is 14.2. The summed E-state index contributed by atoms with van der Waals surface area (Å²) in [6, 6.07) is 9.99. The Morgan fingerprint density at radius 2 is 2.17 bits per heavy atom. The Morgan fingerprint density at radius 1 is 1.28 bits per heavy atom. The second kappa shape index (κ2) is 7.22. The Hall–Kier alpha value is -3.38. The molecule has 29 heavy (non-hydrogen) atoms. The zero-order valence-corrected chi connectivity index (χ0v) is 16.0. The van der Waals surface area contributed by atoms with E-state index in [1.165, 1.54) is 5.39 Å². The predicted octanol–water partition coefficient (Wildman–Crippen LogP) is 3.26. The van der Waals surface area contributed by atoms with Crippen molar-refractivity contribution in [3.8, 4) is 11.1 Å². The number of H-pyrrole nitrogens is 2. The molecule has 0 saturated carbocycles. The van der Waals surface area contributed by atoms with Crippen LogP contribution < -0.4 is 11.1 Å². The molecule has 6 heteroatoms. The quantitative estimate of drug-likeness (QED) is 0.424. The van der Waals surface area contributed by atoms with Crippen LogP contribution in [0.5, 0.6) is 0 Å². The molecule has 1 aliphatic heterocycles. The SMILES string of the molecule is NC[C@H](Cc1c[nH]c2ccccc12)NC(=O)c1cc2c[nH]nc3c-2c1CCC=C3. The maximum absolute atomic E-state index is 13.2. The van der Waals surface area contributed by atoms with Gasteiger partial charge in [-0.15, -0.1) is 0 Å². The number of aromatic amines is 2. The lowest BCUT2D eigenvalue weighted by atomic mass is 10.0. The first-order valence-corrected chi connectivity index (χ1v) is 9.96. The van der Waals surface area contributed by atoms with E-state index < -0.39 is 0 Å². The number of carbonyl (C=O) groups is 1. The van der Waals surface area contributed by atoms with Gasteiger partial charge in [-0.1, -0.05) is 24.3 Å². The van der Waals surface area contributed by atoms with Crippen molar-refractivity contribution in [2.24, 2.45) is 5.73 Å². The number of rotatable bonds is 5. The number of nitrogens with one attached hydrogen (secondary N) is 3. The molecule has 1 aromatic heterocycles. The third-order valence-corrected chi connectivity index (χ3v) is 5.72. The highest BCUT2D eigenvalue weighted by Gasteiger charge is 2.25. The summed E-state index contributed by atoms with van der Waals surface area (Å²) >= 11 is 0. The molecule has 146 valence electrons. The van der Waals surface area contributed by atoms with Crippen molar-refractivity contribution in [1.82, 2.24) is 20.5 Å². The second-order valence-corrected chi connectivity index (χ2v) is 7.55. The number of carbonyl (C=O) groups excluding carboxylic acids is 1. The molecule has 0 spiro atoms. The van der Waals surface area contributed by atoms with E-state index in [4.69, 9.17) is 5.73 Å². The van der Waals surface area contributed by atoms with Gasteiger partial charge in [0.2, 0.25) is 0 Å². The average Bonchev–Trinajstić information content (AvgIpc) is 3.25. The Kier molecular flexibility index (Phi) is 4.41. The first-order valence-electron chi connectivity index (χ1n) is 9.96. The number of allylic oxidation sites excluding steroid dienone is 1. The third kappa shape index (κ3) is 3.11. The lowest BCUT2D eigenvalue weighted by Crippen LogP contribution is -2.41. The summed E-state index contributed by atoms with van der Waals surface area (Å²) < 4.78 is 0. The molecule has 1 aromatic carbocycles. The fraction of sp³-hybridized carbons (Fsp3) is 0.217. The molecule has 5 N–H and O–H groups in total. The summed E-state index contributed by atoms with van der Waals surface area (Å²) in [5.74, 6) is -0.0701. The van der Waals surface area contributed by atoms with Crippen molar-refractivity contribution in [1.29, 1.82) is 0 Å². The van der Waals surface area contributed by atoms with Crippen LogP contribution in [-0.2, 0) is 12.8 Å². The third-order valence-electron chi connectivity index (χ3n) is 5.72. The van der Waals surface area contributed by atoms with E-state index in [2.05, 4.69) is 38.7 Å². The van der Waals surface area contributed by atoms with Gasteiger partial charge in [-0.25, -0.2) is 0 Å². The highest BCUT2D eigenvalue weighted by molar-refractivity contribution is 6.01. The van der Waals surface area contributed by atoms with Gasteiger partial charge in [-0.05, 0) is 48.6 Å². The number of aromatic nitrogens is 3. The summed E-state index contributed by atoms with van der Waals surface area (Å²) in [7, 11) is 0. The largest absolute Gasteiger partial charge is 0.361 e. The number of amides is 1. The monoisotopic (exact) mass is 385 g/mol. The molecule has 0 fully saturated rings. The molecule has 2 heterocycles. The van der Waals surface area contributed by atoms with Gasteiger partial charge in [0.25, 0.3) is 5.91 Å². The Morgan fingerprint density at radius 3 is 3.07 bits per heavy atom. The van der Waals surface area contributed by atoms with E-state index in [9.17, 15) is 4.79 Å². The first kappa shape index (κ1) is 17.7. The number of nitrogens with two attached hydrogens (primary N) is 1. The van der Waals surface area contributed by atoms with Gasteiger partial charge in [0.15, 0.2) is 0 Å². The van der Waals surface area contributed by atoms with Gasteiger partial charge in [-0.2, -0.15) is 5.10 Å². The van der Waals surface area contributed by atoms with Crippen molar-refractivity contribution in [2.45, 2.75) is 25.3 Å². The molecule has 0 bridgehead atoms. The lowest BCUT2D eigenvalue weighted by molar-refractivity contribution is 0.0937. The lowest BCUT2D eigenvalue weighted by Gasteiger charge is -2.17. The molecule has 2 aliphatic carbocycles. The van der Waals surface area contributed by atoms with Crippen LogP contribution in [0.25, 0.3) is 28.1 Å². The number of nitrogens with zero attached hydrogens (tertiary/aromatic N) is 1. The molecule has 5 rings (SSSR count). The van der Waals surface area contributed by atoms with E-state index in [1.54, 1.807) is 0 Å². The second-order valence-electron chi connectivity index (χ2n) is 7.55. The van der Waals surface area contributed by atoms with Crippen molar-refractivity contribution in [3.05, 3.63) is 71.2 Å². The number of fused-ring (bicyclic) bond motifs is 1. The summed E-state index contributed by atoms with van der Waals surface area (Å²) in [5.41, 5.74) is 13.0. The number of para-hydroxylation sites is 1. The molecule has 0 unspecified atom stereocenters. The molecular weight excluding hydrogens is 362 g/mol. The van der Waals surface area contributed by atoms with Gasteiger partial charge in [0.05, 0.1) is 5.69 Å². The smallest absolute Gasteiger partial charge is 0.251 e. The van der Waals surface area contributed by atoms with Crippen molar-refractivity contribution < 1.29 is 4.79 Å². The zero-order valence-electron chi connectivity index (χ0n) is 16.0. The molecule has 0 radical (unpaired) electrons. The van der Waals surface area contributed by atoms with Gasteiger partial charge in [0.1, 0.15) is 0 Å². The van der Waals surface area contributed by atoms with Crippen molar-refractivity contribution in [3.63, 3.8) is 0 Å². The Balaban J connectivity index is 1.42. The first-order chi connectivity index (χ1) is 14.2. The average molecular weight is 385 g/mol. The van der Waals surface area contributed by atoms with Crippen LogP contribution in [0.2, 0.25) is 0 Å². The summed E-state index contributed by atoms with van der Waals surface area (Å²) in [5, 5.41) is 11.6. The van der Waals surface area contributed by atoms with Crippen LogP contribution >= 0.6 is 0 Å². The summed E-state index contributed by atoms with van der Waals surface area (Å²) in [6.07, 6.45) is 10.4. The van der Waals surface area contributed by atoms with E-state index >= 15 is 0 Å². The number of hydrogen-bond donors (Lipinski definition) is 4. The molecule has 3 aliphatic rings. The highest BCUT2D eigenvalue weighted by atomic mass is 16.1. The van der Waals surface area contributed by atoms with Crippen LogP contribution in [0.3, 0.4) is 0 Å². The van der Waals surface area contributed by atoms with Crippen molar-refractivity contribution >= 4 is 22.9 Å². The zero-order chi connectivity index (χ0) is 19.8. The summed E-state index contributed by atoms with van der Waals surface area (Å²) in [4.78, 5) is 16.5. The van der Waals surface area contributed by atoms with Crippen LogP contribution in [0.15, 0.2) is 48.8 Å². The van der Waals surface area contributed by atoms with Gasteiger partial charge >= 0.3 is 0 Å². The minimum Gasteiger partial charge on any atom is -0.361 e. The molecule has 1 atom stereocenters. The van der Waals surface area contributed by atoms with E-state index in [0.717, 1.165) is 51.9 Å². The standard InChI is InChI=1S/C23H23N5O/c24-11-16(9-14-12-25-20-7-3-1-5-17(14)20)27-23(29)19-10-15-13-26-28-21-8-4-2-6-18(19)22(15)21/h1,3-5,7-8,10,12-13,16,25-26H,2,6,9,11,24H2,(H,27,29)/t16-/m0/s1. The van der Waals surface area contributed by atoms with Crippen LogP contribution in [0.4, 0.5) is 0 Å². The van der Waals surface area contributed by atoms with E-state index in [1.807, 2.05) is 36.7 Å². The van der Waals surface area contributed by atoms with Gasteiger partial charge in [-0.3, -0.25) is 9.89 Å². The topological polar surface area (TPSA) is 99.6 Å². The number of benzene rings is 1. The summed E-state index contributed by atoms with van der Waals surface area (Å²) in [6.45, 7) is 0.378. The maximum Gasteiger partial charge on any atom is 0.251 e. The Labute approximate surface area is 168 Å². The minimum atomic E-state index is -0.139. The van der Waals surface area contributed by atoms with Crippen LogP contribution in [0, 0.1) is 0 Å². The van der Waals surface area contributed by atoms with Gasteiger partial charge in [0, 0.05) is 52.6 Å². The van der Waals surface area contributed by atoms with E-state index in [-0.39, 0.29) is 11.9 Å². The molecule has 0 saturated heterocycles. The van der Waals surface area contributed by atoms with Crippen LogP contribution in [0.1, 0.15) is 33.6 Å². The van der Waals surface area contributed by atoms with E-state index in [0.29, 0.717) is 13.0 Å². The fourth-order valence-electron chi connectivity index (χ4n) is 4.30. The minimum absolute atomic E-state index is 0.0701. The maximum atomic E-state index is 13.2. The molecule has 6 nitrogen and oxygen atoms in total. The predicted molar refractivity (Wildman–Crippen MR) is 115 cm³/mol. The van der Waals surface area contributed by atoms with Crippen molar-refractivity contribution in [2.75, 3.05) is 6.54 Å². The molecular formula is C23H23N5O. The van der Waals surface area contributed by atoms with Gasteiger partial charge < -0.3 is 16.0 Å². The Bertz CT molecular complexity index is 1190.